The Morgan fingerprint density at radius 3 is 2.91 bits per heavy atom. The molecule has 1 N–H and O–H groups in total. The van der Waals surface area contributed by atoms with E-state index in [1.165, 1.54) is 10.8 Å². The van der Waals surface area contributed by atoms with Gasteiger partial charge in [0.25, 0.3) is 11.5 Å². The summed E-state index contributed by atoms with van der Waals surface area (Å²) in [5, 5.41) is 10.9. The fourth-order valence-electron chi connectivity index (χ4n) is 2.75. The van der Waals surface area contributed by atoms with Crippen molar-refractivity contribution in [3.05, 3.63) is 62.7 Å². The third kappa shape index (κ3) is 3.07. The Bertz CT molecular complexity index is 820. The van der Waals surface area contributed by atoms with Crippen LogP contribution in [0.4, 0.5) is 0 Å². The minimum absolute atomic E-state index is 0.200. The molecule has 1 aliphatic rings. The maximum absolute atomic E-state index is 12.5. The van der Waals surface area contributed by atoms with Crippen LogP contribution in [0.3, 0.4) is 0 Å². The summed E-state index contributed by atoms with van der Waals surface area (Å²) in [6.45, 7) is 0.638. The van der Waals surface area contributed by atoms with E-state index in [-0.39, 0.29) is 23.7 Å². The van der Waals surface area contributed by atoms with Gasteiger partial charge in [0.2, 0.25) is 0 Å². The van der Waals surface area contributed by atoms with Crippen LogP contribution in [0, 0.1) is 0 Å². The molecule has 3 rings (SSSR count). The van der Waals surface area contributed by atoms with Gasteiger partial charge in [0.15, 0.2) is 0 Å². The number of carbonyl (C=O) groups excluding carboxylic acids is 1. The molecule has 1 aromatic carbocycles. The van der Waals surface area contributed by atoms with E-state index < -0.39 is 5.60 Å². The zero-order valence-corrected chi connectivity index (χ0v) is 14.2. The number of β-amino-alcohol motifs (C(OH)–C–C–N with tert-alkyl or cyclic N) is 1. The number of hydrogen-bond acceptors (Lipinski definition) is 4. The van der Waals surface area contributed by atoms with Crippen LogP contribution in [0.15, 0.2) is 45.9 Å². The highest BCUT2D eigenvalue weighted by molar-refractivity contribution is 9.10. The predicted molar refractivity (Wildman–Crippen MR) is 88.0 cm³/mol. The normalized spacial score (nSPS) is 20.7. The number of likely N-dealkylation sites (tertiary alicyclic amines) is 1. The van der Waals surface area contributed by atoms with Crippen LogP contribution in [0.1, 0.15) is 22.5 Å². The molecule has 6 nitrogen and oxygen atoms in total. The number of aliphatic hydroxyl groups is 1. The Kier molecular flexibility index (Phi) is 4.08. The number of hydrogen-bond donors (Lipinski definition) is 1. The maximum Gasteiger partial charge on any atom is 0.274 e. The van der Waals surface area contributed by atoms with Crippen molar-refractivity contribution in [2.45, 2.75) is 12.0 Å². The Morgan fingerprint density at radius 1 is 1.43 bits per heavy atom. The zero-order valence-electron chi connectivity index (χ0n) is 12.6. The Balaban J connectivity index is 1.82. The highest BCUT2D eigenvalue weighted by atomic mass is 79.9. The Labute approximate surface area is 141 Å². The maximum atomic E-state index is 12.5. The van der Waals surface area contributed by atoms with E-state index in [2.05, 4.69) is 20.9 Å². The molecule has 1 unspecified atom stereocenters. The van der Waals surface area contributed by atoms with Crippen LogP contribution in [-0.4, -0.2) is 38.6 Å². The molecule has 2 heterocycles. The van der Waals surface area contributed by atoms with E-state index in [9.17, 15) is 14.7 Å². The van der Waals surface area contributed by atoms with Gasteiger partial charge in [-0.1, -0.05) is 28.1 Å². The van der Waals surface area contributed by atoms with Gasteiger partial charge in [-0.15, -0.1) is 0 Å². The molecule has 0 bridgehead atoms. The second-order valence-electron chi connectivity index (χ2n) is 5.74. The molecule has 1 aliphatic heterocycles. The first kappa shape index (κ1) is 15.9. The van der Waals surface area contributed by atoms with Gasteiger partial charge in [0.1, 0.15) is 11.3 Å². The topological polar surface area (TPSA) is 75.4 Å². The summed E-state index contributed by atoms with van der Waals surface area (Å²) >= 11 is 3.39. The highest BCUT2D eigenvalue weighted by Crippen LogP contribution is 2.33. The number of carbonyl (C=O) groups is 1. The SMILES string of the molecule is Cn1cc(C(=O)N2CCC(O)(c3cccc(Br)c3)C2)ncc1=O. The summed E-state index contributed by atoms with van der Waals surface area (Å²) in [7, 11) is 1.57. The Morgan fingerprint density at radius 2 is 2.22 bits per heavy atom. The standard InChI is InChI=1S/C16H16BrN3O3/c1-19-9-13(18-8-14(19)21)15(22)20-6-5-16(23,10-20)11-3-2-4-12(17)7-11/h2-4,7-9,23H,5-6,10H2,1H3. The van der Waals surface area contributed by atoms with Gasteiger partial charge in [-0.3, -0.25) is 9.59 Å². The van der Waals surface area contributed by atoms with Gasteiger partial charge in [-0.05, 0) is 24.1 Å². The van der Waals surface area contributed by atoms with Crippen molar-refractivity contribution in [2.75, 3.05) is 13.1 Å². The van der Waals surface area contributed by atoms with E-state index in [0.29, 0.717) is 13.0 Å². The minimum Gasteiger partial charge on any atom is -0.383 e. The van der Waals surface area contributed by atoms with Crippen molar-refractivity contribution in [3.63, 3.8) is 0 Å². The lowest BCUT2D eigenvalue weighted by Crippen LogP contribution is -2.35. The molecule has 1 atom stereocenters. The molecule has 23 heavy (non-hydrogen) atoms. The van der Waals surface area contributed by atoms with Crippen LogP contribution in [0.2, 0.25) is 0 Å². The summed E-state index contributed by atoms with van der Waals surface area (Å²) in [6, 6.07) is 7.46. The molecule has 1 fully saturated rings. The van der Waals surface area contributed by atoms with Crippen molar-refractivity contribution in [1.29, 1.82) is 0 Å². The summed E-state index contributed by atoms with van der Waals surface area (Å²) in [5.41, 5.74) is -0.366. The van der Waals surface area contributed by atoms with Crippen LogP contribution in [0.5, 0.6) is 0 Å². The Hall–Kier alpha value is -1.99. The molecule has 7 heteroatoms. The van der Waals surface area contributed by atoms with Crippen LogP contribution >= 0.6 is 15.9 Å². The van der Waals surface area contributed by atoms with E-state index in [4.69, 9.17) is 0 Å². The molecule has 0 saturated carbocycles. The second-order valence-corrected chi connectivity index (χ2v) is 6.66. The number of aryl methyl sites for hydroxylation is 1. The molecule has 0 radical (unpaired) electrons. The van der Waals surface area contributed by atoms with Gasteiger partial charge < -0.3 is 14.6 Å². The zero-order chi connectivity index (χ0) is 16.6. The highest BCUT2D eigenvalue weighted by Gasteiger charge is 2.40. The number of rotatable bonds is 2. The van der Waals surface area contributed by atoms with Gasteiger partial charge in [0.05, 0.1) is 12.7 Å². The summed E-state index contributed by atoms with van der Waals surface area (Å²) < 4.78 is 2.20. The number of benzene rings is 1. The number of aromatic nitrogens is 2. The van der Waals surface area contributed by atoms with Gasteiger partial charge in [0, 0.05) is 24.3 Å². The summed E-state index contributed by atoms with van der Waals surface area (Å²) in [6.07, 6.45) is 3.01. The van der Waals surface area contributed by atoms with Crippen molar-refractivity contribution in [3.8, 4) is 0 Å². The van der Waals surface area contributed by atoms with E-state index in [0.717, 1.165) is 16.2 Å². The fourth-order valence-corrected chi connectivity index (χ4v) is 3.15. The van der Waals surface area contributed by atoms with Crippen molar-refractivity contribution < 1.29 is 9.90 Å². The van der Waals surface area contributed by atoms with Gasteiger partial charge in [-0.2, -0.15) is 0 Å². The fraction of sp³-hybridized carbons (Fsp3) is 0.312. The lowest BCUT2D eigenvalue weighted by Gasteiger charge is -2.24. The van der Waals surface area contributed by atoms with E-state index in [1.54, 1.807) is 11.9 Å². The average molecular weight is 378 g/mol. The lowest BCUT2D eigenvalue weighted by atomic mass is 9.93. The summed E-state index contributed by atoms with van der Waals surface area (Å²) in [4.78, 5) is 29.4. The molecule has 0 spiro atoms. The molecule has 1 amide bonds. The molecular weight excluding hydrogens is 362 g/mol. The first-order valence-corrected chi connectivity index (χ1v) is 7.99. The van der Waals surface area contributed by atoms with Crippen LogP contribution in [-0.2, 0) is 12.6 Å². The van der Waals surface area contributed by atoms with E-state index in [1.807, 2.05) is 24.3 Å². The minimum atomic E-state index is -1.07. The molecule has 1 saturated heterocycles. The van der Waals surface area contributed by atoms with Crippen LogP contribution in [0.25, 0.3) is 0 Å². The molecular formula is C16H16BrN3O3. The van der Waals surface area contributed by atoms with Crippen molar-refractivity contribution in [1.82, 2.24) is 14.5 Å². The van der Waals surface area contributed by atoms with Crippen molar-refractivity contribution >= 4 is 21.8 Å². The van der Waals surface area contributed by atoms with Gasteiger partial charge >= 0.3 is 0 Å². The number of halogens is 1. The predicted octanol–water partition coefficient (Wildman–Crippen LogP) is 1.28. The smallest absolute Gasteiger partial charge is 0.274 e. The molecule has 0 aliphatic carbocycles. The molecule has 2 aromatic rings. The number of amides is 1. The van der Waals surface area contributed by atoms with Crippen LogP contribution < -0.4 is 5.56 Å². The second kappa shape index (κ2) is 5.90. The summed E-state index contributed by atoms with van der Waals surface area (Å²) in [5.74, 6) is -0.286. The third-order valence-corrected chi connectivity index (χ3v) is 4.59. The molecule has 120 valence electrons. The number of nitrogens with zero attached hydrogens (tertiary/aromatic N) is 3. The third-order valence-electron chi connectivity index (χ3n) is 4.09. The first-order valence-electron chi connectivity index (χ1n) is 7.19. The van der Waals surface area contributed by atoms with Crippen molar-refractivity contribution in [2.24, 2.45) is 7.05 Å². The quantitative estimate of drug-likeness (QED) is 0.854. The first-order chi connectivity index (χ1) is 10.9. The average Bonchev–Trinajstić information content (AvgIpc) is 2.93. The van der Waals surface area contributed by atoms with Gasteiger partial charge in [-0.25, -0.2) is 4.98 Å². The largest absolute Gasteiger partial charge is 0.383 e. The monoisotopic (exact) mass is 377 g/mol. The lowest BCUT2D eigenvalue weighted by molar-refractivity contribution is 0.0415. The molecule has 1 aromatic heterocycles. The van der Waals surface area contributed by atoms with E-state index >= 15 is 0 Å².